The molecular weight excluding hydrogens is 438 g/mol. The lowest BCUT2D eigenvalue weighted by molar-refractivity contribution is 0.287. The van der Waals surface area contributed by atoms with E-state index in [1.54, 1.807) is 0 Å². The number of pyridine rings is 1. The van der Waals surface area contributed by atoms with Crippen molar-refractivity contribution in [2.75, 3.05) is 24.5 Å². The van der Waals surface area contributed by atoms with Crippen molar-refractivity contribution in [2.45, 2.75) is 53.6 Å². The molecule has 5 nitrogen and oxygen atoms in total. The summed E-state index contributed by atoms with van der Waals surface area (Å²) in [7, 11) is 0. The van der Waals surface area contributed by atoms with Crippen molar-refractivity contribution >= 4 is 23.0 Å². The molecule has 1 aliphatic rings. The molecule has 1 saturated heterocycles. The van der Waals surface area contributed by atoms with Gasteiger partial charge in [0.2, 0.25) is 0 Å². The van der Waals surface area contributed by atoms with Crippen LogP contribution in [-0.2, 0) is 0 Å². The molecular formula is C28H37N5S. The predicted molar refractivity (Wildman–Crippen MR) is 146 cm³/mol. The second kappa shape index (κ2) is 10.2. The number of benzene rings is 1. The van der Waals surface area contributed by atoms with Gasteiger partial charge >= 0.3 is 0 Å². The maximum atomic E-state index is 5.83. The molecule has 0 aliphatic carbocycles. The first-order chi connectivity index (χ1) is 16.3. The molecule has 1 fully saturated rings. The van der Waals surface area contributed by atoms with Gasteiger partial charge in [-0.25, -0.2) is 0 Å². The quantitative estimate of drug-likeness (QED) is 0.407. The first-order valence-electron chi connectivity index (χ1n) is 12.4. The van der Waals surface area contributed by atoms with E-state index in [2.05, 4.69) is 109 Å². The van der Waals surface area contributed by atoms with Crippen LogP contribution in [0.15, 0.2) is 54.7 Å². The Morgan fingerprint density at radius 2 is 1.76 bits per heavy atom. The van der Waals surface area contributed by atoms with Crippen LogP contribution in [0, 0.1) is 19.8 Å². The second-order valence-corrected chi connectivity index (χ2v) is 9.91. The number of aryl methyl sites for hydroxylation is 1. The molecule has 2 aromatic heterocycles. The Balaban J connectivity index is 1.76. The number of hydrogen-bond acceptors (Lipinski definition) is 3. The van der Waals surface area contributed by atoms with Gasteiger partial charge in [0.05, 0.1) is 17.8 Å². The minimum absolute atomic E-state index is 0.0199. The molecule has 0 spiro atoms. The highest BCUT2D eigenvalue weighted by Crippen LogP contribution is 2.41. The molecule has 1 aromatic carbocycles. The first kappa shape index (κ1) is 24.3. The van der Waals surface area contributed by atoms with Gasteiger partial charge in [-0.05, 0) is 93.9 Å². The Labute approximate surface area is 209 Å². The first-order valence-corrected chi connectivity index (χ1v) is 12.8. The van der Waals surface area contributed by atoms with Crippen LogP contribution in [0.25, 0.3) is 5.69 Å². The summed E-state index contributed by atoms with van der Waals surface area (Å²) in [6.07, 6.45) is 1.86. The molecule has 4 rings (SSSR count). The van der Waals surface area contributed by atoms with Crippen LogP contribution in [0.1, 0.15) is 62.4 Å². The highest BCUT2D eigenvalue weighted by molar-refractivity contribution is 7.80. The van der Waals surface area contributed by atoms with Crippen molar-refractivity contribution < 1.29 is 0 Å². The molecule has 0 bridgehead atoms. The minimum Gasteiger partial charge on any atom is -0.372 e. The minimum atomic E-state index is 0.0199. The fraction of sp³-hybridized carbons (Fsp3) is 0.429. The van der Waals surface area contributed by atoms with Gasteiger partial charge in [0, 0.05) is 48.6 Å². The molecule has 3 aromatic rings. The van der Waals surface area contributed by atoms with Gasteiger partial charge in [-0.3, -0.25) is 4.98 Å². The van der Waals surface area contributed by atoms with Gasteiger partial charge in [0.1, 0.15) is 0 Å². The lowest BCUT2D eigenvalue weighted by atomic mass is 9.96. The number of thiocarbonyl (C=S) groups is 1. The lowest BCUT2D eigenvalue weighted by Gasteiger charge is -2.29. The SMILES string of the molecule is CCN(CC)c1ccc(-n2c(C)cc([C@H]3[C@@H](c4ccccn4)NC(=S)N3CC(C)C)c2C)cc1. The summed E-state index contributed by atoms with van der Waals surface area (Å²) in [6.45, 7) is 16.2. The Bertz CT molecular complexity index is 1120. The van der Waals surface area contributed by atoms with E-state index in [4.69, 9.17) is 12.2 Å². The average molecular weight is 476 g/mol. The number of rotatable bonds is 8. The van der Waals surface area contributed by atoms with E-state index >= 15 is 0 Å². The maximum absolute atomic E-state index is 5.83. The molecule has 1 aliphatic heterocycles. The summed E-state index contributed by atoms with van der Waals surface area (Å²) >= 11 is 5.83. The summed E-state index contributed by atoms with van der Waals surface area (Å²) in [6, 6.07) is 17.5. The summed E-state index contributed by atoms with van der Waals surface area (Å²) in [5.41, 5.74) is 7.25. The van der Waals surface area contributed by atoms with Crippen LogP contribution in [0.3, 0.4) is 0 Å². The zero-order valence-corrected chi connectivity index (χ0v) is 22.1. The van der Waals surface area contributed by atoms with Crippen LogP contribution in [0.2, 0.25) is 0 Å². The third-order valence-corrected chi connectivity index (χ3v) is 7.14. The van der Waals surface area contributed by atoms with E-state index in [0.29, 0.717) is 5.92 Å². The van der Waals surface area contributed by atoms with Crippen molar-refractivity contribution in [1.29, 1.82) is 0 Å². The molecule has 34 heavy (non-hydrogen) atoms. The molecule has 0 amide bonds. The summed E-state index contributed by atoms with van der Waals surface area (Å²) in [5.74, 6) is 0.501. The summed E-state index contributed by atoms with van der Waals surface area (Å²) < 4.78 is 2.37. The number of nitrogens with zero attached hydrogens (tertiary/aromatic N) is 4. The van der Waals surface area contributed by atoms with Crippen LogP contribution >= 0.6 is 12.2 Å². The molecule has 1 N–H and O–H groups in total. The smallest absolute Gasteiger partial charge is 0.170 e. The summed E-state index contributed by atoms with van der Waals surface area (Å²) in [5, 5.41) is 4.39. The Morgan fingerprint density at radius 3 is 2.35 bits per heavy atom. The van der Waals surface area contributed by atoms with Gasteiger partial charge in [0.15, 0.2) is 5.11 Å². The number of nitrogens with one attached hydrogen (secondary N) is 1. The second-order valence-electron chi connectivity index (χ2n) is 9.52. The van der Waals surface area contributed by atoms with Gasteiger partial charge in [-0.1, -0.05) is 19.9 Å². The van der Waals surface area contributed by atoms with Crippen LogP contribution in [-0.4, -0.2) is 39.2 Å². The van der Waals surface area contributed by atoms with Crippen molar-refractivity contribution in [2.24, 2.45) is 5.92 Å². The fourth-order valence-electron chi connectivity index (χ4n) is 5.22. The molecule has 6 heteroatoms. The van der Waals surface area contributed by atoms with E-state index in [-0.39, 0.29) is 12.1 Å². The molecule has 0 saturated carbocycles. The predicted octanol–water partition coefficient (Wildman–Crippen LogP) is 5.96. The molecule has 0 radical (unpaired) electrons. The van der Waals surface area contributed by atoms with Gasteiger partial charge < -0.3 is 19.7 Å². The monoisotopic (exact) mass is 475 g/mol. The third kappa shape index (κ3) is 4.56. The van der Waals surface area contributed by atoms with Gasteiger partial charge in [-0.2, -0.15) is 0 Å². The normalized spacial score (nSPS) is 18.0. The third-order valence-electron chi connectivity index (χ3n) is 6.79. The Kier molecular flexibility index (Phi) is 7.27. The van der Waals surface area contributed by atoms with Gasteiger partial charge in [0.25, 0.3) is 0 Å². The standard InChI is InChI=1S/C28H37N5S/c1-7-31(8-2)22-12-14-23(15-13-22)33-20(5)17-24(21(33)6)27-26(25-11-9-10-16-29-25)30-28(34)32(27)18-19(3)4/h9-17,19,26-27H,7-8,18H2,1-6H3,(H,30,34)/t26-,27+/m1/s1. The molecule has 0 unspecified atom stereocenters. The number of aromatic nitrogens is 2. The zero-order chi connectivity index (χ0) is 24.4. The molecule has 3 heterocycles. The van der Waals surface area contributed by atoms with Crippen molar-refractivity contribution in [1.82, 2.24) is 19.8 Å². The largest absolute Gasteiger partial charge is 0.372 e. The van der Waals surface area contributed by atoms with Crippen molar-refractivity contribution in [3.8, 4) is 5.69 Å². The Morgan fingerprint density at radius 1 is 1.06 bits per heavy atom. The van der Waals surface area contributed by atoms with Crippen molar-refractivity contribution in [3.63, 3.8) is 0 Å². The van der Waals surface area contributed by atoms with E-state index < -0.39 is 0 Å². The van der Waals surface area contributed by atoms with Crippen LogP contribution < -0.4 is 10.2 Å². The van der Waals surface area contributed by atoms with E-state index in [9.17, 15) is 0 Å². The van der Waals surface area contributed by atoms with E-state index in [1.165, 1.54) is 28.3 Å². The lowest BCUT2D eigenvalue weighted by Crippen LogP contribution is -2.33. The summed E-state index contributed by atoms with van der Waals surface area (Å²) in [4.78, 5) is 9.41. The topological polar surface area (TPSA) is 36.3 Å². The number of anilines is 1. The average Bonchev–Trinajstić information content (AvgIpc) is 3.30. The van der Waals surface area contributed by atoms with E-state index in [0.717, 1.165) is 30.4 Å². The fourth-order valence-corrected chi connectivity index (χ4v) is 5.53. The number of hydrogen-bond donors (Lipinski definition) is 1. The Hall–Kier alpha value is -2.86. The molecule has 2 atom stereocenters. The highest BCUT2D eigenvalue weighted by atomic mass is 32.1. The van der Waals surface area contributed by atoms with Gasteiger partial charge in [-0.15, -0.1) is 0 Å². The van der Waals surface area contributed by atoms with Crippen molar-refractivity contribution in [3.05, 3.63) is 77.4 Å². The van der Waals surface area contributed by atoms with Crippen LogP contribution in [0.4, 0.5) is 5.69 Å². The van der Waals surface area contributed by atoms with Crippen LogP contribution in [0.5, 0.6) is 0 Å². The molecule has 180 valence electrons. The maximum Gasteiger partial charge on any atom is 0.170 e. The van der Waals surface area contributed by atoms with E-state index in [1.807, 2.05) is 12.3 Å². The zero-order valence-electron chi connectivity index (χ0n) is 21.2. The highest BCUT2D eigenvalue weighted by Gasteiger charge is 2.41.